The van der Waals surface area contributed by atoms with Crippen LogP contribution in [0.1, 0.15) is 51.1 Å². The first-order valence-electron chi connectivity index (χ1n) is 7.93. The highest BCUT2D eigenvalue weighted by Crippen LogP contribution is 2.47. The Balaban J connectivity index is 2.06. The molecular weight excluding hydrogens is 278 g/mol. The molecule has 0 aromatic heterocycles. The normalized spacial score (nSPS) is 23.1. The molecule has 0 radical (unpaired) electrons. The Bertz CT molecular complexity index is 647. The lowest BCUT2D eigenvalue weighted by molar-refractivity contribution is 0.113. The summed E-state index contributed by atoms with van der Waals surface area (Å²) in [6.07, 6.45) is 5.13. The number of benzene rings is 2. The Hall–Kier alpha value is -1.05. The van der Waals surface area contributed by atoms with Crippen molar-refractivity contribution in [1.29, 1.82) is 0 Å². The van der Waals surface area contributed by atoms with E-state index in [0.29, 0.717) is 11.3 Å². The summed E-state index contributed by atoms with van der Waals surface area (Å²) in [5, 5.41) is 3.13. The molecule has 1 aliphatic rings. The van der Waals surface area contributed by atoms with Gasteiger partial charge in [-0.3, -0.25) is 0 Å². The van der Waals surface area contributed by atoms with Gasteiger partial charge in [-0.1, -0.05) is 68.6 Å². The molecule has 1 nitrogen and oxygen atoms in total. The summed E-state index contributed by atoms with van der Waals surface area (Å²) in [6, 6.07) is 12.5. The van der Waals surface area contributed by atoms with Gasteiger partial charge in [-0.25, -0.2) is 0 Å². The maximum absolute atomic E-state index is 6.72. The number of halogens is 1. The van der Waals surface area contributed by atoms with Crippen LogP contribution < -0.4 is 5.73 Å². The number of rotatable bonds is 2. The summed E-state index contributed by atoms with van der Waals surface area (Å²) in [5.41, 5.74) is 8.28. The molecule has 0 aliphatic heterocycles. The maximum Gasteiger partial charge on any atom is 0.0484 e. The summed E-state index contributed by atoms with van der Waals surface area (Å²) in [6.45, 7) is 4.74. The van der Waals surface area contributed by atoms with Crippen molar-refractivity contribution < 1.29 is 0 Å². The summed E-state index contributed by atoms with van der Waals surface area (Å²) in [7, 11) is 0. The van der Waals surface area contributed by atoms with Crippen LogP contribution in [0.5, 0.6) is 0 Å². The molecule has 2 N–H and O–H groups in total. The van der Waals surface area contributed by atoms with Crippen molar-refractivity contribution >= 4 is 22.4 Å². The Labute approximate surface area is 132 Å². The van der Waals surface area contributed by atoms with E-state index in [1.807, 2.05) is 12.1 Å². The number of nitrogens with two attached hydrogens (primary N) is 1. The van der Waals surface area contributed by atoms with Crippen LogP contribution in [0, 0.1) is 11.3 Å². The lowest BCUT2D eigenvalue weighted by atomic mass is 9.65. The molecule has 0 bridgehead atoms. The second kappa shape index (κ2) is 5.62. The molecule has 21 heavy (non-hydrogen) atoms. The second-order valence-corrected chi connectivity index (χ2v) is 7.46. The maximum atomic E-state index is 6.72. The predicted molar refractivity (Wildman–Crippen MR) is 91.6 cm³/mol. The minimum absolute atomic E-state index is 0.0856. The van der Waals surface area contributed by atoms with E-state index in [-0.39, 0.29) is 6.04 Å². The molecule has 112 valence electrons. The van der Waals surface area contributed by atoms with Crippen LogP contribution in [0.2, 0.25) is 5.02 Å². The van der Waals surface area contributed by atoms with Gasteiger partial charge in [0.15, 0.2) is 0 Å². The molecule has 2 aromatic carbocycles. The SMILES string of the molecule is CC1(C)CCCCC1C(N)c1ccc(Cl)c2ccccc12. The largest absolute Gasteiger partial charge is 0.324 e. The molecule has 2 atom stereocenters. The van der Waals surface area contributed by atoms with Gasteiger partial charge in [0.25, 0.3) is 0 Å². The minimum Gasteiger partial charge on any atom is -0.324 e. The topological polar surface area (TPSA) is 26.0 Å². The van der Waals surface area contributed by atoms with Crippen molar-refractivity contribution in [2.75, 3.05) is 0 Å². The Morgan fingerprint density at radius 2 is 1.81 bits per heavy atom. The van der Waals surface area contributed by atoms with Crippen LogP contribution in [0.4, 0.5) is 0 Å². The molecule has 1 aliphatic carbocycles. The van der Waals surface area contributed by atoms with E-state index < -0.39 is 0 Å². The molecule has 1 fully saturated rings. The highest BCUT2D eigenvalue weighted by Gasteiger charge is 2.37. The van der Waals surface area contributed by atoms with E-state index >= 15 is 0 Å². The van der Waals surface area contributed by atoms with E-state index in [9.17, 15) is 0 Å². The summed E-state index contributed by atoms with van der Waals surface area (Å²) in [4.78, 5) is 0. The molecule has 3 rings (SSSR count). The summed E-state index contributed by atoms with van der Waals surface area (Å²) < 4.78 is 0. The Morgan fingerprint density at radius 1 is 1.10 bits per heavy atom. The molecule has 1 saturated carbocycles. The molecular formula is C19H24ClN. The fourth-order valence-electron chi connectivity index (χ4n) is 3.98. The first kappa shape index (κ1) is 14.9. The van der Waals surface area contributed by atoms with Crippen LogP contribution in [0.15, 0.2) is 36.4 Å². The average molecular weight is 302 g/mol. The fraction of sp³-hybridized carbons (Fsp3) is 0.474. The molecule has 0 spiro atoms. The monoisotopic (exact) mass is 301 g/mol. The van der Waals surface area contributed by atoms with Crippen LogP contribution in [-0.4, -0.2) is 0 Å². The number of fused-ring (bicyclic) bond motifs is 1. The second-order valence-electron chi connectivity index (χ2n) is 7.05. The van der Waals surface area contributed by atoms with Crippen molar-refractivity contribution in [3.05, 3.63) is 47.0 Å². The van der Waals surface area contributed by atoms with Gasteiger partial charge >= 0.3 is 0 Å². The van der Waals surface area contributed by atoms with Gasteiger partial charge in [-0.05, 0) is 41.2 Å². The minimum atomic E-state index is 0.0856. The highest BCUT2D eigenvalue weighted by atomic mass is 35.5. The molecule has 0 heterocycles. The van der Waals surface area contributed by atoms with Crippen LogP contribution in [0.25, 0.3) is 10.8 Å². The third-order valence-corrected chi connectivity index (χ3v) is 5.62. The first-order chi connectivity index (χ1) is 10.0. The van der Waals surface area contributed by atoms with E-state index in [1.165, 1.54) is 36.6 Å². The van der Waals surface area contributed by atoms with Gasteiger partial charge < -0.3 is 5.73 Å². The highest BCUT2D eigenvalue weighted by molar-refractivity contribution is 6.35. The molecule has 2 heteroatoms. The third kappa shape index (κ3) is 2.69. The molecule has 2 aromatic rings. The smallest absolute Gasteiger partial charge is 0.0484 e. The third-order valence-electron chi connectivity index (χ3n) is 5.29. The van der Waals surface area contributed by atoms with Gasteiger partial charge in [0.05, 0.1) is 0 Å². The standard InChI is InChI=1S/C19H24ClN/c1-19(2)12-6-5-9-16(19)18(21)15-10-11-17(20)14-8-4-3-7-13(14)15/h3-4,7-8,10-11,16,18H,5-6,9,12,21H2,1-2H3. The van der Waals surface area contributed by atoms with Crippen molar-refractivity contribution in [3.8, 4) is 0 Å². The van der Waals surface area contributed by atoms with Crippen LogP contribution in [-0.2, 0) is 0 Å². The van der Waals surface area contributed by atoms with Crippen molar-refractivity contribution in [2.45, 2.75) is 45.6 Å². The van der Waals surface area contributed by atoms with E-state index in [2.05, 4.69) is 38.1 Å². The Kier molecular flexibility index (Phi) is 3.98. The lowest BCUT2D eigenvalue weighted by Crippen LogP contribution is -2.36. The van der Waals surface area contributed by atoms with Crippen molar-refractivity contribution in [2.24, 2.45) is 17.1 Å². The summed E-state index contributed by atoms with van der Waals surface area (Å²) >= 11 is 6.33. The lowest BCUT2D eigenvalue weighted by Gasteiger charge is -2.42. The zero-order chi connectivity index (χ0) is 15.0. The number of hydrogen-bond donors (Lipinski definition) is 1. The predicted octanol–water partition coefficient (Wildman–Crippen LogP) is 5.71. The fourth-order valence-corrected chi connectivity index (χ4v) is 4.21. The zero-order valence-corrected chi connectivity index (χ0v) is 13.7. The van der Waals surface area contributed by atoms with Gasteiger partial charge in [0.1, 0.15) is 0 Å². The van der Waals surface area contributed by atoms with E-state index in [0.717, 1.165) is 10.4 Å². The quantitative estimate of drug-likeness (QED) is 0.755. The first-order valence-corrected chi connectivity index (χ1v) is 8.31. The van der Waals surface area contributed by atoms with E-state index in [1.54, 1.807) is 0 Å². The van der Waals surface area contributed by atoms with Crippen molar-refractivity contribution in [3.63, 3.8) is 0 Å². The van der Waals surface area contributed by atoms with Gasteiger partial charge in [-0.2, -0.15) is 0 Å². The molecule has 0 saturated heterocycles. The summed E-state index contributed by atoms with van der Waals surface area (Å²) in [5.74, 6) is 0.538. The number of hydrogen-bond acceptors (Lipinski definition) is 1. The average Bonchev–Trinajstić information content (AvgIpc) is 2.47. The van der Waals surface area contributed by atoms with Gasteiger partial charge in [0, 0.05) is 16.5 Å². The molecule has 0 amide bonds. The van der Waals surface area contributed by atoms with Crippen molar-refractivity contribution in [1.82, 2.24) is 0 Å². The Morgan fingerprint density at radius 3 is 2.52 bits per heavy atom. The zero-order valence-electron chi connectivity index (χ0n) is 12.9. The van der Waals surface area contributed by atoms with Crippen LogP contribution in [0.3, 0.4) is 0 Å². The van der Waals surface area contributed by atoms with E-state index in [4.69, 9.17) is 17.3 Å². The molecule has 2 unspecified atom stereocenters. The van der Waals surface area contributed by atoms with Gasteiger partial charge in [0.2, 0.25) is 0 Å². The van der Waals surface area contributed by atoms with Gasteiger partial charge in [-0.15, -0.1) is 0 Å². The van der Waals surface area contributed by atoms with Crippen LogP contribution >= 0.6 is 11.6 Å².